The number of amides is 1. The van der Waals surface area contributed by atoms with Crippen LogP contribution in [-0.2, 0) is 0 Å². The van der Waals surface area contributed by atoms with Crippen LogP contribution in [0.3, 0.4) is 0 Å². The zero-order valence-electron chi connectivity index (χ0n) is 16.5. The van der Waals surface area contributed by atoms with Crippen LogP contribution in [0.1, 0.15) is 30.0 Å². The van der Waals surface area contributed by atoms with E-state index >= 15 is 0 Å². The van der Waals surface area contributed by atoms with Gasteiger partial charge in [-0.15, -0.1) is 0 Å². The number of carbonyl (C=O) groups is 1. The van der Waals surface area contributed by atoms with Crippen LogP contribution in [-0.4, -0.2) is 60.0 Å². The number of anilines is 3. The summed E-state index contributed by atoms with van der Waals surface area (Å²) in [4.78, 5) is 25.9. The van der Waals surface area contributed by atoms with E-state index < -0.39 is 0 Å². The molecule has 2 heterocycles. The Balaban J connectivity index is 1.66. The summed E-state index contributed by atoms with van der Waals surface area (Å²) < 4.78 is 0. The number of aryl methyl sites for hydroxylation is 1. The smallest absolute Gasteiger partial charge is 0.274 e. The Kier molecular flexibility index (Phi) is 5.91. The molecule has 0 aliphatic carbocycles. The van der Waals surface area contributed by atoms with E-state index in [0.29, 0.717) is 11.6 Å². The third-order valence-corrected chi connectivity index (χ3v) is 4.50. The molecule has 1 aliphatic rings. The molecule has 7 heteroatoms. The lowest BCUT2D eigenvalue weighted by Gasteiger charge is -2.34. The van der Waals surface area contributed by atoms with Crippen molar-refractivity contribution in [2.75, 3.05) is 48.8 Å². The summed E-state index contributed by atoms with van der Waals surface area (Å²) in [6.45, 7) is 10.0. The van der Waals surface area contributed by atoms with Crippen molar-refractivity contribution in [3.63, 3.8) is 0 Å². The van der Waals surface area contributed by atoms with E-state index in [1.54, 1.807) is 6.07 Å². The van der Waals surface area contributed by atoms with E-state index in [9.17, 15) is 4.79 Å². The highest BCUT2D eigenvalue weighted by atomic mass is 16.1. The number of nitrogens with one attached hydrogen (secondary N) is 2. The Bertz CT molecular complexity index is 782. The largest absolute Gasteiger partial charge is 0.369 e. The van der Waals surface area contributed by atoms with Gasteiger partial charge >= 0.3 is 0 Å². The molecule has 1 amide bonds. The van der Waals surface area contributed by atoms with Crippen LogP contribution in [0, 0.1) is 6.92 Å². The second-order valence-electron chi connectivity index (χ2n) is 7.31. The van der Waals surface area contributed by atoms with E-state index in [0.717, 1.165) is 37.6 Å². The van der Waals surface area contributed by atoms with Crippen molar-refractivity contribution >= 4 is 23.2 Å². The first-order valence-corrected chi connectivity index (χ1v) is 9.38. The number of likely N-dealkylation sites (N-methyl/N-ethyl adjacent to an activating group) is 1. The van der Waals surface area contributed by atoms with E-state index in [1.807, 2.05) is 32.9 Å². The predicted octanol–water partition coefficient (Wildman–Crippen LogP) is 2.61. The first-order chi connectivity index (χ1) is 12.9. The molecule has 1 saturated heterocycles. The minimum atomic E-state index is -0.236. The Morgan fingerprint density at radius 3 is 2.37 bits per heavy atom. The van der Waals surface area contributed by atoms with Crippen LogP contribution < -0.4 is 15.5 Å². The van der Waals surface area contributed by atoms with Gasteiger partial charge in [-0.2, -0.15) is 0 Å². The van der Waals surface area contributed by atoms with Crippen molar-refractivity contribution in [1.29, 1.82) is 0 Å². The second kappa shape index (κ2) is 8.35. The highest BCUT2D eigenvalue weighted by Gasteiger charge is 2.15. The van der Waals surface area contributed by atoms with E-state index in [-0.39, 0.29) is 11.9 Å². The zero-order chi connectivity index (χ0) is 19.4. The summed E-state index contributed by atoms with van der Waals surface area (Å²) >= 11 is 0. The molecule has 27 heavy (non-hydrogen) atoms. The van der Waals surface area contributed by atoms with Gasteiger partial charge in [0.2, 0.25) is 5.95 Å². The lowest BCUT2D eigenvalue weighted by Crippen LogP contribution is -2.44. The van der Waals surface area contributed by atoms with Gasteiger partial charge < -0.3 is 20.4 Å². The van der Waals surface area contributed by atoms with Gasteiger partial charge in [-0.05, 0) is 58.2 Å². The molecule has 0 saturated carbocycles. The van der Waals surface area contributed by atoms with E-state index in [2.05, 4.69) is 49.6 Å². The predicted molar refractivity (Wildman–Crippen MR) is 110 cm³/mol. The van der Waals surface area contributed by atoms with Crippen LogP contribution in [0.5, 0.6) is 0 Å². The summed E-state index contributed by atoms with van der Waals surface area (Å²) in [6, 6.07) is 9.87. The first-order valence-electron chi connectivity index (χ1n) is 9.38. The van der Waals surface area contributed by atoms with Gasteiger partial charge in [0.15, 0.2) is 0 Å². The fraction of sp³-hybridized carbons (Fsp3) is 0.450. The number of carbonyl (C=O) groups excluding carboxylic acids is 1. The number of aromatic nitrogens is 2. The van der Waals surface area contributed by atoms with Crippen LogP contribution in [0.15, 0.2) is 30.3 Å². The maximum Gasteiger partial charge on any atom is 0.274 e. The molecule has 0 spiro atoms. The van der Waals surface area contributed by atoms with Crippen molar-refractivity contribution in [3.05, 3.63) is 41.7 Å². The summed E-state index contributed by atoms with van der Waals surface area (Å²) in [7, 11) is 2.15. The normalized spacial score (nSPS) is 15.1. The molecular formula is C20H28N6O. The molecule has 7 nitrogen and oxygen atoms in total. The standard InChI is InChI=1S/C20H28N6O/c1-14(2)21-20-22-15(3)13-18(24-20)19(27)23-16-5-7-17(8-6-16)26-11-9-25(4)10-12-26/h5-8,13-14H,9-12H2,1-4H3,(H,23,27)(H,21,22,24). The first kappa shape index (κ1) is 19.1. The third-order valence-electron chi connectivity index (χ3n) is 4.50. The molecule has 1 fully saturated rings. The molecule has 1 aliphatic heterocycles. The van der Waals surface area contributed by atoms with Crippen LogP contribution >= 0.6 is 0 Å². The lowest BCUT2D eigenvalue weighted by atomic mass is 10.2. The quantitative estimate of drug-likeness (QED) is 0.845. The molecule has 0 radical (unpaired) electrons. The maximum atomic E-state index is 12.6. The number of rotatable bonds is 5. The van der Waals surface area contributed by atoms with Gasteiger partial charge in [0, 0.05) is 49.3 Å². The molecule has 1 aromatic heterocycles. The number of hydrogen-bond acceptors (Lipinski definition) is 6. The average molecular weight is 368 g/mol. The summed E-state index contributed by atoms with van der Waals surface area (Å²) in [5.74, 6) is 0.236. The van der Waals surface area contributed by atoms with Gasteiger partial charge in [-0.25, -0.2) is 9.97 Å². The third kappa shape index (κ3) is 5.17. The molecule has 3 rings (SSSR count). The monoisotopic (exact) mass is 368 g/mol. The Morgan fingerprint density at radius 1 is 1.07 bits per heavy atom. The van der Waals surface area contributed by atoms with Crippen LogP contribution in [0.4, 0.5) is 17.3 Å². The van der Waals surface area contributed by atoms with Gasteiger partial charge in [0.1, 0.15) is 5.69 Å². The fourth-order valence-corrected chi connectivity index (χ4v) is 3.02. The number of nitrogens with zero attached hydrogens (tertiary/aromatic N) is 4. The van der Waals surface area contributed by atoms with Gasteiger partial charge in [-0.3, -0.25) is 4.79 Å². The number of benzene rings is 1. The van der Waals surface area contributed by atoms with Gasteiger partial charge in [0.05, 0.1) is 0 Å². The Labute approximate surface area is 160 Å². The molecule has 0 bridgehead atoms. The van der Waals surface area contributed by atoms with E-state index in [1.165, 1.54) is 5.69 Å². The van der Waals surface area contributed by atoms with Crippen LogP contribution in [0.2, 0.25) is 0 Å². The molecule has 0 atom stereocenters. The minimum absolute atomic E-state index is 0.199. The molecule has 0 unspecified atom stereocenters. The van der Waals surface area contributed by atoms with Crippen molar-refractivity contribution in [2.24, 2.45) is 0 Å². The molecule has 2 aromatic rings. The molecular weight excluding hydrogens is 340 g/mol. The average Bonchev–Trinajstić information content (AvgIpc) is 2.62. The summed E-state index contributed by atoms with van der Waals surface area (Å²) in [5.41, 5.74) is 3.05. The minimum Gasteiger partial charge on any atom is -0.369 e. The van der Waals surface area contributed by atoms with Crippen molar-refractivity contribution in [1.82, 2.24) is 14.9 Å². The summed E-state index contributed by atoms with van der Waals surface area (Å²) in [6.07, 6.45) is 0. The lowest BCUT2D eigenvalue weighted by molar-refractivity contribution is 0.102. The van der Waals surface area contributed by atoms with Crippen LogP contribution in [0.25, 0.3) is 0 Å². The number of piperazine rings is 1. The highest BCUT2D eigenvalue weighted by Crippen LogP contribution is 2.20. The van der Waals surface area contributed by atoms with Crippen molar-refractivity contribution in [2.45, 2.75) is 26.8 Å². The second-order valence-corrected chi connectivity index (χ2v) is 7.31. The van der Waals surface area contributed by atoms with Crippen molar-refractivity contribution in [3.8, 4) is 0 Å². The Morgan fingerprint density at radius 2 is 1.74 bits per heavy atom. The number of hydrogen-bond donors (Lipinski definition) is 2. The fourth-order valence-electron chi connectivity index (χ4n) is 3.02. The topological polar surface area (TPSA) is 73.4 Å². The maximum absolute atomic E-state index is 12.6. The highest BCUT2D eigenvalue weighted by molar-refractivity contribution is 6.03. The Hall–Kier alpha value is -2.67. The van der Waals surface area contributed by atoms with E-state index in [4.69, 9.17) is 0 Å². The molecule has 2 N–H and O–H groups in total. The molecule has 1 aromatic carbocycles. The zero-order valence-corrected chi connectivity index (χ0v) is 16.5. The molecule has 144 valence electrons. The van der Waals surface area contributed by atoms with Gasteiger partial charge in [-0.1, -0.05) is 0 Å². The van der Waals surface area contributed by atoms with Crippen molar-refractivity contribution < 1.29 is 4.79 Å². The van der Waals surface area contributed by atoms with Gasteiger partial charge in [0.25, 0.3) is 5.91 Å². The SMILES string of the molecule is Cc1cc(C(=O)Nc2ccc(N3CCN(C)CC3)cc2)nc(NC(C)C)n1. The summed E-state index contributed by atoms with van der Waals surface area (Å²) in [5, 5.41) is 6.06.